The van der Waals surface area contributed by atoms with E-state index in [1.165, 1.54) is 6.42 Å². The van der Waals surface area contributed by atoms with Gasteiger partial charge in [-0.3, -0.25) is 0 Å². The Morgan fingerprint density at radius 2 is 1.76 bits per heavy atom. The monoisotopic (exact) mass is 297 g/mol. The van der Waals surface area contributed by atoms with Crippen molar-refractivity contribution in [3.63, 3.8) is 0 Å². The van der Waals surface area contributed by atoms with Gasteiger partial charge in [-0.05, 0) is 56.0 Å². The maximum Gasteiger partial charge on any atom is 0.0782 e. The van der Waals surface area contributed by atoms with Crippen molar-refractivity contribution in [1.29, 1.82) is 0 Å². The largest absolute Gasteiger partial charge is 0.389 e. The lowest BCUT2D eigenvalue weighted by Gasteiger charge is -2.53. The molecule has 2 saturated carbocycles. The molecule has 3 nitrogen and oxygen atoms in total. The molecule has 0 radical (unpaired) electrons. The van der Waals surface area contributed by atoms with Crippen LogP contribution in [0.4, 0.5) is 0 Å². The molecule has 0 saturated heterocycles. The first-order valence-corrected chi connectivity index (χ1v) is 8.68. The minimum absolute atomic E-state index is 0.0333. The fourth-order valence-electron chi connectivity index (χ4n) is 5.33. The summed E-state index contributed by atoms with van der Waals surface area (Å²) in [7, 11) is 0. The van der Waals surface area contributed by atoms with Crippen LogP contribution in [0.2, 0.25) is 0 Å². The molecule has 4 atom stereocenters. The van der Waals surface area contributed by atoms with Gasteiger partial charge in [0.15, 0.2) is 0 Å². The summed E-state index contributed by atoms with van der Waals surface area (Å²) in [5.41, 5.74) is -1.74. The van der Waals surface area contributed by atoms with Gasteiger partial charge >= 0.3 is 0 Å². The Labute approximate surface area is 130 Å². The van der Waals surface area contributed by atoms with Gasteiger partial charge in [-0.1, -0.05) is 34.6 Å². The van der Waals surface area contributed by atoms with Gasteiger partial charge in [0.05, 0.1) is 11.2 Å². The molecular weight excluding hydrogens is 262 g/mol. The molecule has 3 heteroatoms. The van der Waals surface area contributed by atoms with Gasteiger partial charge in [-0.25, -0.2) is 0 Å². The molecule has 2 aliphatic rings. The lowest BCUT2D eigenvalue weighted by atomic mass is 9.57. The molecule has 0 spiro atoms. The van der Waals surface area contributed by atoms with E-state index < -0.39 is 11.2 Å². The van der Waals surface area contributed by atoms with E-state index in [2.05, 4.69) is 39.5 Å². The van der Waals surface area contributed by atoms with E-state index in [-0.39, 0.29) is 10.8 Å². The quantitative estimate of drug-likeness (QED) is 0.792. The second-order valence-corrected chi connectivity index (χ2v) is 8.72. The lowest BCUT2D eigenvalue weighted by Crippen LogP contribution is -2.59. The molecule has 124 valence electrons. The SMILES string of the molecule is CCN(CC)C[C@](C)(O)C[C@]1(O)C(C)(C)C2CC[C@]1(C)C2. The van der Waals surface area contributed by atoms with Crippen LogP contribution in [0, 0.1) is 16.7 Å². The maximum atomic E-state index is 11.6. The van der Waals surface area contributed by atoms with Crippen molar-refractivity contribution >= 4 is 0 Å². The first-order chi connectivity index (χ1) is 9.51. The zero-order valence-corrected chi connectivity index (χ0v) is 14.9. The molecular formula is C18H35NO2. The zero-order chi connectivity index (χ0) is 16.1. The fourth-order valence-corrected chi connectivity index (χ4v) is 5.33. The van der Waals surface area contributed by atoms with Crippen molar-refractivity contribution in [3.8, 4) is 0 Å². The first-order valence-electron chi connectivity index (χ1n) is 8.68. The summed E-state index contributed by atoms with van der Waals surface area (Å²) < 4.78 is 0. The van der Waals surface area contributed by atoms with Gasteiger partial charge in [0.2, 0.25) is 0 Å². The van der Waals surface area contributed by atoms with Crippen LogP contribution in [-0.4, -0.2) is 45.9 Å². The van der Waals surface area contributed by atoms with Crippen LogP contribution in [0.5, 0.6) is 0 Å². The third-order valence-electron chi connectivity index (χ3n) is 6.92. The molecule has 0 aromatic carbocycles. The molecule has 0 aromatic heterocycles. The van der Waals surface area contributed by atoms with Crippen LogP contribution in [0.3, 0.4) is 0 Å². The number of hydrogen-bond acceptors (Lipinski definition) is 3. The predicted octanol–water partition coefficient (Wildman–Crippen LogP) is 3.05. The van der Waals surface area contributed by atoms with E-state index in [1.54, 1.807) is 0 Å². The highest BCUT2D eigenvalue weighted by Crippen LogP contribution is 2.69. The van der Waals surface area contributed by atoms with Crippen molar-refractivity contribution in [2.75, 3.05) is 19.6 Å². The van der Waals surface area contributed by atoms with Crippen LogP contribution in [0.1, 0.15) is 67.2 Å². The number of rotatable bonds is 6. The van der Waals surface area contributed by atoms with E-state index in [9.17, 15) is 10.2 Å². The molecule has 21 heavy (non-hydrogen) atoms. The highest BCUT2D eigenvalue weighted by Gasteiger charge is 2.69. The van der Waals surface area contributed by atoms with Gasteiger partial charge < -0.3 is 15.1 Å². The number of nitrogens with zero attached hydrogens (tertiary/aromatic N) is 1. The summed E-state index contributed by atoms with van der Waals surface area (Å²) in [5, 5.41) is 22.5. The molecule has 0 heterocycles. The molecule has 2 bridgehead atoms. The first kappa shape index (κ1) is 17.2. The molecule has 0 amide bonds. The number of likely N-dealkylation sites (N-methyl/N-ethyl adjacent to an activating group) is 1. The average molecular weight is 297 g/mol. The second-order valence-electron chi connectivity index (χ2n) is 8.72. The highest BCUT2D eigenvalue weighted by molar-refractivity contribution is 5.19. The van der Waals surface area contributed by atoms with E-state index in [1.807, 2.05) is 6.92 Å². The van der Waals surface area contributed by atoms with Crippen LogP contribution in [0.15, 0.2) is 0 Å². The third-order valence-corrected chi connectivity index (χ3v) is 6.92. The minimum Gasteiger partial charge on any atom is -0.389 e. The Morgan fingerprint density at radius 3 is 2.19 bits per heavy atom. The van der Waals surface area contributed by atoms with Crippen molar-refractivity contribution < 1.29 is 10.2 Å². The topological polar surface area (TPSA) is 43.7 Å². The van der Waals surface area contributed by atoms with E-state index in [0.29, 0.717) is 18.9 Å². The summed E-state index contributed by atoms with van der Waals surface area (Å²) in [5.74, 6) is 0.594. The van der Waals surface area contributed by atoms with Crippen molar-refractivity contribution in [1.82, 2.24) is 4.90 Å². The number of fused-ring (bicyclic) bond motifs is 2. The van der Waals surface area contributed by atoms with Crippen molar-refractivity contribution in [2.45, 2.75) is 78.4 Å². The molecule has 2 fully saturated rings. The van der Waals surface area contributed by atoms with Crippen LogP contribution in [-0.2, 0) is 0 Å². The van der Waals surface area contributed by atoms with E-state index in [0.717, 1.165) is 25.9 Å². The van der Waals surface area contributed by atoms with Crippen molar-refractivity contribution in [3.05, 3.63) is 0 Å². The van der Waals surface area contributed by atoms with Crippen LogP contribution in [0.25, 0.3) is 0 Å². The number of aliphatic hydroxyl groups is 2. The molecule has 2 N–H and O–H groups in total. The molecule has 2 rings (SSSR count). The Bertz CT molecular complexity index is 382. The Morgan fingerprint density at radius 1 is 1.19 bits per heavy atom. The lowest BCUT2D eigenvalue weighted by molar-refractivity contribution is -0.181. The van der Waals surface area contributed by atoms with E-state index >= 15 is 0 Å². The van der Waals surface area contributed by atoms with Crippen molar-refractivity contribution in [2.24, 2.45) is 16.7 Å². The molecule has 0 aromatic rings. The molecule has 1 unspecified atom stereocenters. The fraction of sp³-hybridized carbons (Fsp3) is 1.00. The predicted molar refractivity (Wildman–Crippen MR) is 87.2 cm³/mol. The normalized spacial score (nSPS) is 40.7. The molecule has 2 aliphatic carbocycles. The van der Waals surface area contributed by atoms with E-state index in [4.69, 9.17) is 0 Å². The van der Waals surface area contributed by atoms with Gasteiger partial charge in [-0.2, -0.15) is 0 Å². The number of hydrogen-bond donors (Lipinski definition) is 2. The standard InChI is InChI=1S/C18H35NO2/c1-7-19(8-2)13-17(6,20)12-18(21)15(3,4)14-9-10-16(18,5)11-14/h14,20-21H,7-13H2,1-6H3/t14?,16-,17-,18+/m1/s1. The van der Waals surface area contributed by atoms with Crippen LogP contribution < -0.4 is 0 Å². The van der Waals surface area contributed by atoms with Gasteiger partial charge in [0.25, 0.3) is 0 Å². The smallest absolute Gasteiger partial charge is 0.0782 e. The maximum absolute atomic E-state index is 11.6. The van der Waals surface area contributed by atoms with Gasteiger partial charge in [-0.15, -0.1) is 0 Å². The summed E-state index contributed by atoms with van der Waals surface area (Å²) >= 11 is 0. The summed E-state index contributed by atoms with van der Waals surface area (Å²) in [4.78, 5) is 2.24. The average Bonchev–Trinajstić information content (AvgIpc) is 2.84. The van der Waals surface area contributed by atoms with Gasteiger partial charge in [0.1, 0.15) is 0 Å². The van der Waals surface area contributed by atoms with Crippen LogP contribution >= 0.6 is 0 Å². The Kier molecular flexibility index (Phi) is 4.28. The Hall–Kier alpha value is -0.120. The second kappa shape index (κ2) is 5.21. The third kappa shape index (κ3) is 2.55. The summed E-state index contributed by atoms with van der Waals surface area (Å²) in [6, 6.07) is 0. The zero-order valence-electron chi connectivity index (χ0n) is 14.9. The summed E-state index contributed by atoms with van der Waals surface area (Å²) in [6.45, 7) is 15.3. The molecule has 0 aliphatic heterocycles. The Balaban J connectivity index is 2.20. The van der Waals surface area contributed by atoms with Gasteiger partial charge in [0, 0.05) is 13.0 Å². The minimum atomic E-state index is -0.842. The highest BCUT2D eigenvalue weighted by atomic mass is 16.3. The summed E-state index contributed by atoms with van der Waals surface area (Å²) in [6.07, 6.45) is 3.91.